The van der Waals surface area contributed by atoms with Crippen LogP contribution in [-0.2, 0) is 0 Å². The van der Waals surface area contributed by atoms with E-state index in [4.69, 9.17) is 59.4 Å². The molecular weight excluding hydrogens is 426 g/mol. The Hall–Kier alpha value is -3.60. The molecule has 0 unspecified atom stereocenters. The van der Waals surface area contributed by atoms with E-state index in [9.17, 15) is 26.3 Å². The maximum absolute atomic E-state index is 9.92. The van der Waals surface area contributed by atoms with Crippen molar-refractivity contribution in [2.45, 2.75) is 27.7 Å². The van der Waals surface area contributed by atoms with Crippen molar-refractivity contribution >= 4 is 37.3 Å². The average Bonchev–Trinajstić information content (AvgIpc) is 2.22. The van der Waals surface area contributed by atoms with Crippen LogP contribution in [0.5, 0.6) is 0 Å². The summed E-state index contributed by atoms with van der Waals surface area (Å²) in [5.41, 5.74) is 0. The van der Waals surface area contributed by atoms with E-state index < -0.39 is 37.3 Å². The van der Waals surface area contributed by atoms with Crippen molar-refractivity contribution in [3.05, 3.63) is 0 Å². The molecule has 0 spiro atoms. The molecule has 0 saturated carbocycles. The largest absolute Gasteiger partial charge is 0.492 e. The van der Waals surface area contributed by atoms with Crippen LogP contribution in [0, 0.1) is 0 Å². The highest BCUT2D eigenvalue weighted by atomic mass is 19.2. The Balaban J connectivity index is -0.0000000277. The molecule has 0 aliphatic rings. The van der Waals surface area contributed by atoms with Crippen LogP contribution < -0.4 is 0 Å². The molecule has 6 N–H and O–H groups in total. The molecule has 0 aliphatic heterocycles. The lowest BCUT2D eigenvalue weighted by atomic mass is 10.6. The summed E-state index contributed by atoms with van der Waals surface area (Å²) in [6.07, 6.45) is -12.7. The molecule has 0 fully saturated rings. The lowest BCUT2D eigenvalue weighted by molar-refractivity contribution is 0.167. The van der Waals surface area contributed by atoms with E-state index >= 15 is 0 Å². The third kappa shape index (κ3) is 792. The molecule has 0 aromatic rings. The third-order valence-electron chi connectivity index (χ3n) is 0. The molecule has 0 atom stereocenters. The minimum atomic E-state index is -2.33. The number of carboxylic acid groups (broad SMARTS) is 6. The van der Waals surface area contributed by atoms with Gasteiger partial charge < -0.3 is 30.6 Å². The Morgan fingerprint density at radius 1 is 0.464 bits per heavy atom. The molecule has 0 bridgehead atoms. The zero-order valence-corrected chi connectivity index (χ0v) is 13.1. The molecular formula is C10H18F6O12. The molecule has 172 valence electrons. The van der Waals surface area contributed by atoms with Crippen LogP contribution in [0.25, 0.3) is 0 Å². The van der Waals surface area contributed by atoms with Crippen LogP contribution >= 0.6 is 0 Å². The Morgan fingerprint density at radius 2 is 0.464 bits per heavy atom. The number of halogens is 6. The number of rotatable bonds is 0. The molecule has 0 aliphatic carbocycles. The van der Waals surface area contributed by atoms with E-state index in [-0.39, 0.29) is 7.43 Å². The third-order valence-corrected chi connectivity index (χ3v) is 0. The second-order valence-corrected chi connectivity index (χ2v) is 2.22. The predicted molar refractivity (Wildman–Crippen MR) is 77.5 cm³/mol. The van der Waals surface area contributed by atoms with Crippen molar-refractivity contribution in [2.24, 2.45) is 0 Å². The van der Waals surface area contributed by atoms with Gasteiger partial charge in [0.15, 0.2) is 0 Å². The van der Waals surface area contributed by atoms with Gasteiger partial charge in [-0.15, -0.1) is 26.3 Å². The fourth-order valence-electron chi connectivity index (χ4n) is 0. The highest BCUT2D eigenvalue weighted by molar-refractivity contribution is 5.55. The Morgan fingerprint density at radius 3 is 0.464 bits per heavy atom. The summed E-state index contributed by atoms with van der Waals surface area (Å²) < 4.78 is 59.5. The normalized spacial score (nSPS) is 6.00. The zero-order valence-electron chi connectivity index (χ0n) is 13.1. The lowest BCUT2D eigenvalue weighted by Crippen LogP contribution is -1.69. The van der Waals surface area contributed by atoms with E-state index in [0.717, 1.165) is 0 Å². The fraction of sp³-hybridized carbons (Fsp3) is 0.400. The maximum Gasteiger partial charge on any atom is 0.492 e. The first-order valence-electron chi connectivity index (χ1n) is 5.11. The molecule has 0 heterocycles. The molecule has 0 amide bonds. The van der Waals surface area contributed by atoms with Crippen molar-refractivity contribution < 1.29 is 85.7 Å². The van der Waals surface area contributed by atoms with Crippen LogP contribution in [0.2, 0.25) is 0 Å². The van der Waals surface area contributed by atoms with Gasteiger partial charge in [0.2, 0.25) is 0 Å². The van der Waals surface area contributed by atoms with Gasteiger partial charge in [0, 0.05) is 0 Å². The summed E-state index contributed by atoms with van der Waals surface area (Å²) >= 11 is 0. The first-order valence-corrected chi connectivity index (χ1v) is 5.11. The van der Waals surface area contributed by atoms with Crippen molar-refractivity contribution in [1.29, 1.82) is 0 Å². The summed E-state index contributed by atoms with van der Waals surface area (Å²) in [7, 11) is 0. The quantitative estimate of drug-likeness (QED) is 0.191. The smallest absolute Gasteiger partial charge is 0.456 e. The highest BCUT2D eigenvalue weighted by Gasteiger charge is 1.76. The van der Waals surface area contributed by atoms with Gasteiger partial charge in [0.1, 0.15) is 0 Å². The molecule has 28 heavy (non-hydrogen) atoms. The van der Waals surface area contributed by atoms with Crippen LogP contribution in [0.4, 0.5) is 55.1 Å². The SMILES string of the molecule is C.CCC.O=C(O)F.O=C(O)F.O=C(O)F.O=C(O)F.O=C(O)F.O=C(O)F. The summed E-state index contributed by atoms with van der Waals surface area (Å²) in [6.45, 7) is 4.25. The number of hydrogen-bond acceptors (Lipinski definition) is 6. The molecule has 0 saturated heterocycles. The molecule has 0 aromatic carbocycles. The summed E-state index contributed by atoms with van der Waals surface area (Å²) in [6, 6.07) is 0. The minimum Gasteiger partial charge on any atom is -0.456 e. The van der Waals surface area contributed by atoms with E-state index in [2.05, 4.69) is 13.8 Å². The summed E-state index contributed by atoms with van der Waals surface area (Å²) in [5.74, 6) is 0. The predicted octanol–water partition coefficient (Wildman–Crippen LogP) is 5.86. The first kappa shape index (κ1) is 49.7. The van der Waals surface area contributed by atoms with Gasteiger partial charge in [-0.3, -0.25) is 0 Å². The number of hydrogen-bond donors (Lipinski definition) is 6. The average molecular weight is 444 g/mol. The molecule has 12 nitrogen and oxygen atoms in total. The Kier molecular flexibility index (Phi) is 87.8. The molecule has 18 heteroatoms. The molecule has 0 radical (unpaired) electrons. The van der Waals surface area contributed by atoms with Gasteiger partial charge in [-0.1, -0.05) is 27.7 Å². The fourth-order valence-corrected chi connectivity index (χ4v) is 0. The second kappa shape index (κ2) is 49.5. The van der Waals surface area contributed by atoms with Crippen molar-refractivity contribution in [2.75, 3.05) is 0 Å². The molecule has 0 rings (SSSR count). The van der Waals surface area contributed by atoms with Crippen LogP contribution in [-0.4, -0.2) is 68.0 Å². The Labute approximate surface area is 152 Å². The van der Waals surface area contributed by atoms with Gasteiger partial charge >= 0.3 is 37.3 Å². The van der Waals surface area contributed by atoms with E-state index in [1.165, 1.54) is 6.42 Å². The van der Waals surface area contributed by atoms with Crippen molar-refractivity contribution in [3.8, 4) is 0 Å². The van der Waals surface area contributed by atoms with Gasteiger partial charge in [0.05, 0.1) is 0 Å². The minimum absolute atomic E-state index is 0. The van der Waals surface area contributed by atoms with Gasteiger partial charge in [-0.05, 0) is 0 Å². The van der Waals surface area contributed by atoms with E-state index in [0.29, 0.717) is 0 Å². The lowest BCUT2D eigenvalue weighted by Gasteiger charge is -1.53. The van der Waals surface area contributed by atoms with Crippen molar-refractivity contribution in [1.82, 2.24) is 0 Å². The van der Waals surface area contributed by atoms with Crippen molar-refractivity contribution in [3.63, 3.8) is 0 Å². The van der Waals surface area contributed by atoms with Crippen LogP contribution in [0.15, 0.2) is 0 Å². The van der Waals surface area contributed by atoms with Gasteiger partial charge in [-0.25, -0.2) is 28.8 Å². The number of carbonyl (C=O) groups is 6. The summed E-state index contributed by atoms with van der Waals surface area (Å²) in [5, 5.41) is 40.5. The first-order chi connectivity index (χ1) is 11.8. The Bertz CT molecular complexity index is 287. The maximum atomic E-state index is 9.92. The topological polar surface area (TPSA) is 224 Å². The van der Waals surface area contributed by atoms with Crippen LogP contribution in [0.1, 0.15) is 27.7 Å². The highest BCUT2D eigenvalue weighted by Crippen LogP contribution is 1.60. The second-order valence-electron chi connectivity index (χ2n) is 2.22. The monoisotopic (exact) mass is 444 g/mol. The van der Waals surface area contributed by atoms with E-state index in [1.807, 2.05) is 0 Å². The van der Waals surface area contributed by atoms with Gasteiger partial charge in [-0.2, -0.15) is 0 Å². The zero-order chi connectivity index (χ0) is 24.2. The summed E-state index contributed by atoms with van der Waals surface area (Å²) in [4.78, 5) is 50.0. The van der Waals surface area contributed by atoms with Crippen LogP contribution in [0.3, 0.4) is 0 Å². The standard InChI is InChI=1S/C3H8.6CHFO2.CH4/c1-3-2;6*2-1(3)4;/h3H2,1-2H3;6*(H,3,4);1H4. The van der Waals surface area contributed by atoms with E-state index in [1.54, 1.807) is 0 Å². The van der Waals surface area contributed by atoms with Gasteiger partial charge in [0.25, 0.3) is 0 Å². The molecule has 0 aromatic heterocycles.